The van der Waals surface area contributed by atoms with Crippen molar-refractivity contribution in [3.05, 3.63) is 57.5 Å². The van der Waals surface area contributed by atoms with Crippen LogP contribution in [0.2, 0.25) is 15.1 Å². The summed E-state index contributed by atoms with van der Waals surface area (Å²) in [6.45, 7) is 1.86. The molecule has 0 heterocycles. The van der Waals surface area contributed by atoms with Crippen LogP contribution >= 0.6 is 34.8 Å². The molecule has 1 atom stereocenters. The van der Waals surface area contributed by atoms with E-state index in [4.69, 9.17) is 39.5 Å². The van der Waals surface area contributed by atoms with Crippen molar-refractivity contribution < 1.29 is 9.53 Å². The first-order valence-electron chi connectivity index (χ1n) is 6.67. The van der Waals surface area contributed by atoms with Gasteiger partial charge in [-0.25, -0.2) is 0 Å². The van der Waals surface area contributed by atoms with Crippen molar-refractivity contribution >= 4 is 46.4 Å². The number of carbonyl (C=O) groups is 1. The van der Waals surface area contributed by atoms with Gasteiger partial charge in [0.15, 0.2) is 6.10 Å². The molecule has 0 aliphatic rings. The molecule has 1 amide bonds. The molecule has 0 fully saturated rings. The number of hydrogen-bond acceptors (Lipinski definition) is 2. The maximum atomic E-state index is 12.3. The second kappa shape index (κ2) is 7.73. The molecule has 1 N–H and O–H groups in total. The second-order valence-corrected chi connectivity index (χ2v) is 5.86. The number of ether oxygens (including phenoxy) is 1. The van der Waals surface area contributed by atoms with Crippen LogP contribution in [0.4, 0.5) is 5.69 Å². The van der Waals surface area contributed by atoms with Gasteiger partial charge in [-0.3, -0.25) is 4.79 Å². The van der Waals surface area contributed by atoms with Gasteiger partial charge in [-0.2, -0.15) is 0 Å². The molecule has 0 aromatic heterocycles. The fraction of sp³-hybridized carbons (Fsp3) is 0.188. The van der Waals surface area contributed by atoms with Crippen molar-refractivity contribution in [2.75, 3.05) is 5.32 Å². The molecule has 3 nitrogen and oxygen atoms in total. The Morgan fingerprint density at radius 3 is 2.36 bits per heavy atom. The van der Waals surface area contributed by atoms with Crippen LogP contribution in [0.25, 0.3) is 0 Å². The third kappa shape index (κ3) is 4.54. The van der Waals surface area contributed by atoms with Crippen LogP contribution in [0.5, 0.6) is 5.75 Å². The number of benzene rings is 2. The number of halogens is 3. The summed E-state index contributed by atoms with van der Waals surface area (Å²) in [5.74, 6) is 0.283. The lowest BCUT2D eigenvalue weighted by Gasteiger charge is -2.18. The minimum absolute atomic E-state index is 0.290. The van der Waals surface area contributed by atoms with Gasteiger partial charge in [0.1, 0.15) is 5.75 Å². The molecule has 0 unspecified atom stereocenters. The van der Waals surface area contributed by atoms with Crippen molar-refractivity contribution in [1.82, 2.24) is 0 Å². The third-order valence-electron chi connectivity index (χ3n) is 2.94. The molecule has 0 saturated carbocycles. The molecule has 2 aromatic carbocycles. The van der Waals surface area contributed by atoms with Crippen LogP contribution in [0.1, 0.15) is 13.3 Å². The zero-order valence-corrected chi connectivity index (χ0v) is 14.0. The zero-order valence-electron chi connectivity index (χ0n) is 11.8. The monoisotopic (exact) mass is 357 g/mol. The fourth-order valence-electron chi connectivity index (χ4n) is 1.81. The average Bonchev–Trinajstić information content (AvgIpc) is 2.50. The van der Waals surface area contributed by atoms with Gasteiger partial charge >= 0.3 is 0 Å². The number of anilines is 1. The van der Waals surface area contributed by atoms with E-state index >= 15 is 0 Å². The van der Waals surface area contributed by atoms with Gasteiger partial charge in [-0.1, -0.05) is 41.7 Å². The maximum Gasteiger partial charge on any atom is 0.265 e. The van der Waals surface area contributed by atoms with E-state index < -0.39 is 6.10 Å². The Morgan fingerprint density at radius 1 is 1.09 bits per heavy atom. The van der Waals surface area contributed by atoms with Crippen LogP contribution in [0.15, 0.2) is 42.5 Å². The first-order chi connectivity index (χ1) is 10.5. The molecule has 22 heavy (non-hydrogen) atoms. The minimum atomic E-state index is -0.642. The van der Waals surface area contributed by atoms with Crippen LogP contribution in [-0.4, -0.2) is 12.0 Å². The highest BCUT2D eigenvalue weighted by atomic mass is 35.5. The standard InChI is InChI=1S/C16H14Cl3NO2/c1-2-15(22-12-6-3-10(17)4-7-12)16(21)20-14-9-11(18)5-8-13(14)19/h3-9,15H,2H2,1H3,(H,20,21)/t15-/m0/s1. The topological polar surface area (TPSA) is 38.3 Å². The summed E-state index contributed by atoms with van der Waals surface area (Å²) >= 11 is 17.8. The van der Waals surface area contributed by atoms with E-state index in [1.807, 2.05) is 6.92 Å². The van der Waals surface area contributed by atoms with E-state index in [0.717, 1.165) is 0 Å². The number of hydrogen-bond donors (Lipinski definition) is 1. The Kier molecular flexibility index (Phi) is 5.95. The molecule has 0 aliphatic carbocycles. The smallest absolute Gasteiger partial charge is 0.265 e. The summed E-state index contributed by atoms with van der Waals surface area (Å²) in [7, 11) is 0. The van der Waals surface area contributed by atoms with E-state index in [9.17, 15) is 4.79 Å². The molecule has 6 heteroatoms. The van der Waals surface area contributed by atoms with Crippen LogP contribution in [0, 0.1) is 0 Å². The Labute approximate surface area is 144 Å². The third-order valence-corrected chi connectivity index (χ3v) is 3.76. The number of rotatable bonds is 5. The van der Waals surface area contributed by atoms with Gasteiger partial charge in [0.2, 0.25) is 0 Å². The average molecular weight is 359 g/mol. The highest BCUT2D eigenvalue weighted by Crippen LogP contribution is 2.26. The highest BCUT2D eigenvalue weighted by molar-refractivity contribution is 6.35. The van der Waals surface area contributed by atoms with E-state index in [-0.39, 0.29) is 5.91 Å². The number of carbonyl (C=O) groups excluding carboxylic acids is 1. The van der Waals surface area contributed by atoms with Gasteiger partial charge in [0.25, 0.3) is 5.91 Å². The van der Waals surface area contributed by atoms with E-state index in [1.54, 1.807) is 42.5 Å². The number of nitrogens with one attached hydrogen (secondary N) is 1. The van der Waals surface area contributed by atoms with Crippen molar-refractivity contribution in [3.63, 3.8) is 0 Å². The first-order valence-corrected chi connectivity index (χ1v) is 7.81. The molecular weight excluding hydrogens is 345 g/mol. The van der Waals surface area contributed by atoms with Gasteiger partial charge in [-0.15, -0.1) is 0 Å². The Hall–Kier alpha value is -1.42. The van der Waals surface area contributed by atoms with Crippen LogP contribution in [-0.2, 0) is 4.79 Å². The molecule has 116 valence electrons. The second-order valence-electron chi connectivity index (χ2n) is 4.58. The number of amides is 1. The summed E-state index contributed by atoms with van der Waals surface area (Å²) in [6.07, 6.45) is -0.136. The molecule has 0 spiro atoms. The Balaban J connectivity index is 2.08. The molecule has 2 rings (SSSR count). The largest absolute Gasteiger partial charge is 0.481 e. The molecule has 0 saturated heterocycles. The minimum Gasteiger partial charge on any atom is -0.481 e. The summed E-state index contributed by atoms with van der Waals surface area (Å²) in [5.41, 5.74) is 0.456. The first kappa shape index (κ1) is 16.9. The molecule has 2 aromatic rings. The lowest BCUT2D eigenvalue weighted by molar-refractivity contribution is -0.122. The summed E-state index contributed by atoms with van der Waals surface area (Å²) in [5, 5.41) is 4.24. The van der Waals surface area contributed by atoms with E-state index in [2.05, 4.69) is 5.32 Å². The van der Waals surface area contributed by atoms with E-state index in [0.29, 0.717) is 32.9 Å². The molecule has 0 aliphatic heterocycles. The molecule has 0 bridgehead atoms. The SMILES string of the molecule is CC[C@H](Oc1ccc(Cl)cc1)C(=O)Nc1cc(Cl)ccc1Cl. The van der Waals surface area contributed by atoms with Crippen molar-refractivity contribution in [2.24, 2.45) is 0 Å². The fourth-order valence-corrected chi connectivity index (χ4v) is 2.27. The maximum absolute atomic E-state index is 12.3. The van der Waals surface area contributed by atoms with Gasteiger partial charge in [0, 0.05) is 10.0 Å². The van der Waals surface area contributed by atoms with E-state index in [1.165, 1.54) is 0 Å². The summed E-state index contributed by atoms with van der Waals surface area (Å²) in [4.78, 5) is 12.3. The van der Waals surface area contributed by atoms with Gasteiger partial charge < -0.3 is 10.1 Å². The molecule has 0 radical (unpaired) electrons. The molecular formula is C16H14Cl3NO2. The van der Waals surface area contributed by atoms with Crippen molar-refractivity contribution in [3.8, 4) is 5.75 Å². The lowest BCUT2D eigenvalue weighted by Crippen LogP contribution is -2.32. The van der Waals surface area contributed by atoms with Crippen LogP contribution < -0.4 is 10.1 Å². The van der Waals surface area contributed by atoms with Crippen LogP contribution in [0.3, 0.4) is 0 Å². The highest BCUT2D eigenvalue weighted by Gasteiger charge is 2.19. The Morgan fingerprint density at radius 2 is 1.73 bits per heavy atom. The quantitative estimate of drug-likeness (QED) is 0.772. The predicted octanol–water partition coefficient (Wildman–Crippen LogP) is 5.44. The Bertz CT molecular complexity index is 659. The summed E-state index contributed by atoms with van der Waals surface area (Å²) < 4.78 is 5.68. The zero-order chi connectivity index (χ0) is 16.1. The van der Waals surface area contributed by atoms with Crippen molar-refractivity contribution in [2.45, 2.75) is 19.4 Å². The summed E-state index contributed by atoms with van der Waals surface area (Å²) in [6, 6.07) is 11.7. The van der Waals surface area contributed by atoms with Crippen molar-refractivity contribution in [1.29, 1.82) is 0 Å². The lowest BCUT2D eigenvalue weighted by atomic mass is 10.2. The normalized spacial score (nSPS) is 11.8. The van der Waals surface area contributed by atoms with Gasteiger partial charge in [0.05, 0.1) is 10.7 Å². The predicted molar refractivity (Wildman–Crippen MR) is 91.3 cm³/mol. The van der Waals surface area contributed by atoms with Gasteiger partial charge in [-0.05, 0) is 48.9 Å².